The van der Waals surface area contributed by atoms with Crippen LogP contribution in [-0.4, -0.2) is 50.8 Å². The minimum absolute atomic E-state index is 0.109. The van der Waals surface area contributed by atoms with E-state index in [0.717, 1.165) is 0 Å². The first-order valence-electron chi connectivity index (χ1n) is 6.42. The van der Waals surface area contributed by atoms with Crippen LogP contribution in [0.2, 0.25) is 0 Å². The lowest BCUT2D eigenvalue weighted by Crippen LogP contribution is -2.28. The van der Waals surface area contributed by atoms with Crippen LogP contribution in [0.1, 0.15) is 16.8 Å². The third-order valence-electron chi connectivity index (χ3n) is 2.67. The van der Waals surface area contributed by atoms with Crippen LogP contribution in [-0.2, 0) is 14.3 Å². The number of hydrogen-bond acceptors (Lipinski definition) is 7. The topological polar surface area (TPSA) is 116 Å². The van der Waals surface area contributed by atoms with Crippen molar-refractivity contribution in [3.8, 4) is 0 Å². The van der Waals surface area contributed by atoms with Crippen molar-refractivity contribution in [2.24, 2.45) is 0 Å². The number of nitrogens with zero attached hydrogens (tertiary/aromatic N) is 1. The summed E-state index contributed by atoms with van der Waals surface area (Å²) in [6.07, 6.45) is 1.71. The number of carbonyl (C=O) groups excluding carboxylic acids is 2. The van der Waals surface area contributed by atoms with E-state index in [4.69, 9.17) is 10.5 Å². The maximum atomic E-state index is 11.5. The van der Waals surface area contributed by atoms with Crippen molar-refractivity contribution < 1.29 is 19.1 Å². The summed E-state index contributed by atoms with van der Waals surface area (Å²) in [4.78, 5) is 27.0. The fraction of sp³-hybridized carbons (Fsp3) is 0.462. The number of nitrogens with two attached hydrogens (primary N) is 1. The van der Waals surface area contributed by atoms with E-state index in [2.05, 4.69) is 20.4 Å². The van der Waals surface area contributed by atoms with Gasteiger partial charge < -0.3 is 25.8 Å². The van der Waals surface area contributed by atoms with Gasteiger partial charge in [0, 0.05) is 32.8 Å². The third-order valence-corrected chi connectivity index (χ3v) is 2.67. The number of aromatic nitrogens is 1. The van der Waals surface area contributed by atoms with Gasteiger partial charge in [-0.1, -0.05) is 0 Å². The molecule has 0 aromatic carbocycles. The maximum Gasteiger partial charge on any atom is 0.340 e. The molecule has 0 aliphatic carbocycles. The molecule has 1 heterocycles. The molecule has 0 saturated carbocycles. The molecule has 0 bridgehead atoms. The van der Waals surface area contributed by atoms with Gasteiger partial charge in [0.05, 0.1) is 25.0 Å². The molecule has 0 spiro atoms. The minimum Gasteiger partial charge on any atom is -0.465 e. The number of carbonyl (C=O) groups is 2. The third kappa shape index (κ3) is 5.27. The second kappa shape index (κ2) is 8.75. The predicted octanol–water partition coefficient (Wildman–Crippen LogP) is 0.0150. The Bertz CT molecular complexity index is 493. The summed E-state index contributed by atoms with van der Waals surface area (Å²) in [6.45, 7) is 1.28. The van der Waals surface area contributed by atoms with Gasteiger partial charge in [-0.15, -0.1) is 0 Å². The maximum absolute atomic E-state index is 11.5. The number of rotatable bonds is 8. The van der Waals surface area contributed by atoms with Gasteiger partial charge in [0.15, 0.2) is 0 Å². The largest absolute Gasteiger partial charge is 0.465 e. The number of anilines is 2. The van der Waals surface area contributed by atoms with Crippen LogP contribution in [0.4, 0.5) is 11.5 Å². The summed E-state index contributed by atoms with van der Waals surface area (Å²) in [5.41, 5.74) is 6.27. The zero-order valence-electron chi connectivity index (χ0n) is 12.1. The Balaban J connectivity index is 2.49. The Morgan fingerprint density at radius 1 is 1.33 bits per heavy atom. The molecule has 0 fully saturated rings. The number of methoxy groups -OCH3 is 2. The fourth-order valence-electron chi connectivity index (χ4n) is 1.58. The Morgan fingerprint density at radius 3 is 2.76 bits per heavy atom. The highest BCUT2D eigenvalue weighted by molar-refractivity contribution is 5.97. The molecular weight excluding hydrogens is 276 g/mol. The lowest BCUT2D eigenvalue weighted by Gasteiger charge is -2.10. The van der Waals surface area contributed by atoms with E-state index in [9.17, 15) is 9.59 Å². The molecule has 0 atom stereocenters. The predicted molar refractivity (Wildman–Crippen MR) is 78.0 cm³/mol. The number of amides is 1. The van der Waals surface area contributed by atoms with Crippen molar-refractivity contribution >= 4 is 23.4 Å². The van der Waals surface area contributed by atoms with E-state index in [1.54, 1.807) is 7.11 Å². The van der Waals surface area contributed by atoms with Gasteiger partial charge in [-0.3, -0.25) is 4.79 Å². The summed E-state index contributed by atoms with van der Waals surface area (Å²) in [5, 5.41) is 5.61. The highest BCUT2D eigenvalue weighted by atomic mass is 16.5. The standard InChI is InChI=1S/C13H20N4O4/c1-20-8-7-15-10(18)4-6-17-12-11(14)9(3-5-16-12)13(19)21-2/h3,5H,4,6-8,14H2,1-2H3,(H,15,18)(H,16,17). The van der Waals surface area contributed by atoms with E-state index in [1.165, 1.54) is 19.4 Å². The molecule has 0 saturated heterocycles. The molecule has 0 radical (unpaired) electrons. The van der Waals surface area contributed by atoms with Crippen molar-refractivity contribution in [2.75, 3.05) is 45.0 Å². The van der Waals surface area contributed by atoms with Crippen LogP contribution in [0.5, 0.6) is 0 Å². The summed E-state index contributed by atoms with van der Waals surface area (Å²) < 4.78 is 9.45. The van der Waals surface area contributed by atoms with Crippen LogP contribution in [0.25, 0.3) is 0 Å². The highest BCUT2D eigenvalue weighted by Crippen LogP contribution is 2.20. The van der Waals surface area contributed by atoms with Gasteiger partial charge >= 0.3 is 5.97 Å². The molecule has 0 aliphatic rings. The molecule has 1 aromatic rings. The quantitative estimate of drug-likeness (QED) is 0.457. The highest BCUT2D eigenvalue weighted by Gasteiger charge is 2.13. The zero-order valence-corrected chi connectivity index (χ0v) is 12.1. The van der Waals surface area contributed by atoms with Gasteiger partial charge in [-0.05, 0) is 6.07 Å². The number of nitrogen functional groups attached to an aromatic ring is 1. The van der Waals surface area contributed by atoms with E-state index in [1.807, 2.05) is 0 Å². The van der Waals surface area contributed by atoms with E-state index in [-0.39, 0.29) is 23.6 Å². The normalized spacial score (nSPS) is 10.0. The Labute approximate surface area is 123 Å². The molecule has 21 heavy (non-hydrogen) atoms. The molecule has 0 unspecified atom stereocenters. The van der Waals surface area contributed by atoms with Gasteiger partial charge in [-0.25, -0.2) is 9.78 Å². The van der Waals surface area contributed by atoms with Gasteiger partial charge in [0.1, 0.15) is 5.82 Å². The monoisotopic (exact) mass is 296 g/mol. The first kappa shape index (κ1) is 16.7. The molecule has 4 N–H and O–H groups in total. The Kier molecular flexibility index (Phi) is 6.96. The van der Waals surface area contributed by atoms with Crippen molar-refractivity contribution in [1.29, 1.82) is 0 Å². The molecule has 1 amide bonds. The number of hydrogen-bond donors (Lipinski definition) is 3. The minimum atomic E-state index is -0.532. The fourth-order valence-corrected chi connectivity index (χ4v) is 1.58. The van der Waals surface area contributed by atoms with Crippen LogP contribution < -0.4 is 16.4 Å². The summed E-state index contributed by atoms with van der Waals surface area (Å²) in [7, 11) is 2.84. The SMILES string of the molecule is COCCNC(=O)CCNc1nccc(C(=O)OC)c1N. The Morgan fingerprint density at radius 2 is 2.10 bits per heavy atom. The average molecular weight is 296 g/mol. The van der Waals surface area contributed by atoms with Crippen LogP contribution in [0.3, 0.4) is 0 Å². The lowest BCUT2D eigenvalue weighted by molar-refractivity contribution is -0.121. The zero-order chi connectivity index (χ0) is 15.7. The number of ether oxygens (including phenoxy) is 2. The van der Waals surface area contributed by atoms with Crippen molar-refractivity contribution in [1.82, 2.24) is 10.3 Å². The second-order valence-corrected chi connectivity index (χ2v) is 4.13. The van der Waals surface area contributed by atoms with E-state index < -0.39 is 5.97 Å². The van der Waals surface area contributed by atoms with Crippen LogP contribution in [0.15, 0.2) is 12.3 Å². The molecular formula is C13H20N4O4. The molecule has 8 nitrogen and oxygen atoms in total. The van der Waals surface area contributed by atoms with Gasteiger partial charge in [0.25, 0.3) is 0 Å². The van der Waals surface area contributed by atoms with Crippen molar-refractivity contribution in [3.05, 3.63) is 17.8 Å². The second-order valence-electron chi connectivity index (χ2n) is 4.13. The summed E-state index contributed by atoms with van der Waals surface area (Å²) in [5.74, 6) is -0.292. The Hall–Kier alpha value is -2.35. The molecule has 116 valence electrons. The van der Waals surface area contributed by atoms with E-state index >= 15 is 0 Å². The van der Waals surface area contributed by atoms with Crippen molar-refractivity contribution in [2.45, 2.75) is 6.42 Å². The summed E-state index contributed by atoms with van der Waals surface area (Å²) in [6, 6.07) is 1.48. The molecule has 1 aromatic heterocycles. The molecule has 8 heteroatoms. The molecule has 1 rings (SSSR count). The van der Waals surface area contributed by atoms with Gasteiger partial charge in [0.2, 0.25) is 5.91 Å². The lowest BCUT2D eigenvalue weighted by atomic mass is 10.2. The first-order valence-corrected chi connectivity index (χ1v) is 6.42. The van der Waals surface area contributed by atoms with Gasteiger partial charge in [-0.2, -0.15) is 0 Å². The average Bonchev–Trinajstić information content (AvgIpc) is 2.48. The van der Waals surface area contributed by atoms with Crippen LogP contribution in [0, 0.1) is 0 Å². The molecule has 0 aliphatic heterocycles. The number of pyridine rings is 1. The number of nitrogens with one attached hydrogen (secondary N) is 2. The number of esters is 1. The first-order chi connectivity index (χ1) is 10.1. The summed E-state index contributed by atoms with van der Waals surface area (Å²) >= 11 is 0. The van der Waals surface area contributed by atoms with Crippen LogP contribution >= 0.6 is 0 Å². The van der Waals surface area contributed by atoms with Crippen molar-refractivity contribution in [3.63, 3.8) is 0 Å². The smallest absolute Gasteiger partial charge is 0.340 e. The van der Waals surface area contributed by atoms with E-state index in [0.29, 0.717) is 25.5 Å².